The number of rotatable bonds is 16. The van der Waals surface area contributed by atoms with Crippen molar-refractivity contribution < 1.29 is 9.90 Å². The van der Waals surface area contributed by atoms with Gasteiger partial charge in [0.25, 0.3) is 0 Å². The van der Waals surface area contributed by atoms with Crippen molar-refractivity contribution in [2.24, 2.45) is 11.7 Å². The molecule has 2 aromatic rings. The van der Waals surface area contributed by atoms with Crippen LogP contribution in [0.3, 0.4) is 0 Å². The third-order valence-electron chi connectivity index (χ3n) is 7.66. The molecule has 1 fully saturated rings. The number of aliphatic hydroxyl groups is 1. The SMILES string of the molecule is NC(=O)C(c1ccccc1)(c1ccccc1)C1CCN(CCCCCCCCCNCCO)CC1. The predicted molar refractivity (Wildman–Crippen MR) is 144 cm³/mol. The lowest BCUT2D eigenvalue weighted by Crippen LogP contribution is -2.51. The Morgan fingerprint density at radius 1 is 0.829 bits per heavy atom. The summed E-state index contributed by atoms with van der Waals surface area (Å²) in [5.41, 5.74) is 7.47. The molecule has 0 aliphatic carbocycles. The van der Waals surface area contributed by atoms with E-state index in [0.29, 0.717) is 6.54 Å². The quantitative estimate of drug-likeness (QED) is 0.310. The fourth-order valence-corrected chi connectivity index (χ4v) is 5.79. The number of primary amides is 1. The molecule has 0 aromatic heterocycles. The summed E-state index contributed by atoms with van der Waals surface area (Å²) in [6.07, 6.45) is 10.9. The van der Waals surface area contributed by atoms with E-state index in [2.05, 4.69) is 34.5 Å². The summed E-state index contributed by atoms with van der Waals surface area (Å²) in [4.78, 5) is 15.8. The lowest BCUT2D eigenvalue weighted by Gasteiger charge is -2.43. The Hall–Kier alpha value is -2.21. The van der Waals surface area contributed by atoms with Gasteiger partial charge in [0.1, 0.15) is 5.41 Å². The number of nitrogens with zero attached hydrogens (tertiary/aromatic N) is 1. The van der Waals surface area contributed by atoms with Crippen LogP contribution in [0, 0.1) is 5.92 Å². The highest BCUT2D eigenvalue weighted by molar-refractivity contribution is 5.91. The molecule has 192 valence electrons. The van der Waals surface area contributed by atoms with Crippen molar-refractivity contribution in [2.45, 2.75) is 63.2 Å². The zero-order valence-electron chi connectivity index (χ0n) is 21.3. The highest BCUT2D eigenvalue weighted by Gasteiger charge is 2.47. The Bertz CT molecular complexity index is 796. The summed E-state index contributed by atoms with van der Waals surface area (Å²) >= 11 is 0. The average molecular weight is 480 g/mol. The molecule has 1 saturated heterocycles. The number of nitrogens with one attached hydrogen (secondary N) is 1. The molecule has 1 aliphatic heterocycles. The Labute approximate surface area is 212 Å². The molecule has 0 bridgehead atoms. The topological polar surface area (TPSA) is 78.6 Å². The van der Waals surface area contributed by atoms with E-state index in [0.717, 1.165) is 50.1 Å². The molecule has 1 heterocycles. The molecular formula is C30H45N3O2. The van der Waals surface area contributed by atoms with Crippen LogP contribution >= 0.6 is 0 Å². The van der Waals surface area contributed by atoms with E-state index in [-0.39, 0.29) is 18.4 Å². The molecule has 5 nitrogen and oxygen atoms in total. The molecule has 0 radical (unpaired) electrons. The van der Waals surface area contributed by atoms with Gasteiger partial charge in [0.05, 0.1) is 6.61 Å². The van der Waals surface area contributed by atoms with E-state index in [9.17, 15) is 4.79 Å². The molecule has 0 spiro atoms. The summed E-state index contributed by atoms with van der Waals surface area (Å²) in [5, 5.41) is 12.0. The smallest absolute Gasteiger partial charge is 0.232 e. The first kappa shape index (κ1) is 27.4. The van der Waals surface area contributed by atoms with Crippen LogP contribution in [-0.4, -0.2) is 55.2 Å². The lowest BCUT2D eigenvalue weighted by molar-refractivity contribution is -0.124. The number of aliphatic hydroxyl groups excluding tert-OH is 1. The first-order chi connectivity index (χ1) is 17.2. The van der Waals surface area contributed by atoms with Crippen LogP contribution in [0.5, 0.6) is 0 Å². The monoisotopic (exact) mass is 479 g/mol. The fourth-order valence-electron chi connectivity index (χ4n) is 5.79. The van der Waals surface area contributed by atoms with Crippen molar-refractivity contribution >= 4 is 5.91 Å². The summed E-state index contributed by atoms with van der Waals surface area (Å²) < 4.78 is 0. The second-order valence-electron chi connectivity index (χ2n) is 9.97. The zero-order chi connectivity index (χ0) is 24.8. The maximum atomic E-state index is 13.2. The molecule has 35 heavy (non-hydrogen) atoms. The maximum absolute atomic E-state index is 13.2. The minimum absolute atomic E-state index is 0.202. The second kappa shape index (κ2) is 15.0. The molecular weight excluding hydrogens is 434 g/mol. The van der Waals surface area contributed by atoms with Crippen LogP contribution in [-0.2, 0) is 10.2 Å². The van der Waals surface area contributed by atoms with Gasteiger partial charge in [-0.3, -0.25) is 4.79 Å². The van der Waals surface area contributed by atoms with Gasteiger partial charge in [-0.1, -0.05) is 92.8 Å². The highest BCUT2D eigenvalue weighted by atomic mass is 16.3. The fraction of sp³-hybridized carbons (Fsp3) is 0.567. The maximum Gasteiger partial charge on any atom is 0.232 e. The van der Waals surface area contributed by atoms with Crippen molar-refractivity contribution in [1.82, 2.24) is 10.2 Å². The van der Waals surface area contributed by atoms with Gasteiger partial charge in [0.15, 0.2) is 0 Å². The number of likely N-dealkylation sites (tertiary alicyclic amines) is 1. The number of carbonyl (C=O) groups is 1. The Morgan fingerprint density at radius 3 is 1.86 bits per heavy atom. The third kappa shape index (κ3) is 7.63. The van der Waals surface area contributed by atoms with Crippen molar-refractivity contribution in [2.75, 3.05) is 39.3 Å². The molecule has 1 amide bonds. The number of benzene rings is 2. The van der Waals surface area contributed by atoms with E-state index < -0.39 is 5.41 Å². The van der Waals surface area contributed by atoms with Crippen LogP contribution in [0.15, 0.2) is 60.7 Å². The van der Waals surface area contributed by atoms with Crippen LogP contribution in [0.1, 0.15) is 68.9 Å². The second-order valence-corrected chi connectivity index (χ2v) is 9.97. The van der Waals surface area contributed by atoms with E-state index >= 15 is 0 Å². The van der Waals surface area contributed by atoms with E-state index in [1.807, 2.05) is 36.4 Å². The molecule has 3 rings (SSSR count). The van der Waals surface area contributed by atoms with Crippen LogP contribution in [0.2, 0.25) is 0 Å². The van der Waals surface area contributed by atoms with E-state index in [1.54, 1.807) is 0 Å². The van der Waals surface area contributed by atoms with Gasteiger partial charge in [-0.05, 0) is 68.9 Å². The molecule has 2 aromatic carbocycles. The molecule has 0 saturated carbocycles. The number of hydrogen-bond acceptors (Lipinski definition) is 4. The largest absolute Gasteiger partial charge is 0.395 e. The zero-order valence-corrected chi connectivity index (χ0v) is 21.3. The molecule has 1 aliphatic rings. The van der Waals surface area contributed by atoms with Gasteiger partial charge >= 0.3 is 0 Å². The van der Waals surface area contributed by atoms with Gasteiger partial charge < -0.3 is 21.1 Å². The predicted octanol–water partition coefficient (Wildman–Crippen LogP) is 4.48. The van der Waals surface area contributed by atoms with Gasteiger partial charge in [0, 0.05) is 6.54 Å². The van der Waals surface area contributed by atoms with Crippen molar-refractivity contribution in [3.05, 3.63) is 71.8 Å². The highest BCUT2D eigenvalue weighted by Crippen LogP contribution is 2.44. The summed E-state index contributed by atoms with van der Waals surface area (Å²) in [5.74, 6) is -0.0366. The van der Waals surface area contributed by atoms with Crippen LogP contribution < -0.4 is 11.1 Å². The number of hydrogen-bond donors (Lipinski definition) is 3. The summed E-state index contributed by atoms with van der Waals surface area (Å²) in [7, 11) is 0. The van der Waals surface area contributed by atoms with E-state index in [4.69, 9.17) is 10.8 Å². The number of amides is 1. The van der Waals surface area contributed by atoms with Gasteiger partial charge in [0.2, 0.25) is 5.91 Å². The average Bonchev–Trinajstić information content (AvgIpc) is 2.89. The summed E-state index contributed by atoms with van der Waals surface area (Å²) in [6, 6.07) is 20.3. The van der Waals surface area contributed by atoms with Crippen molar-refractivity contribution in [1.29, 1.82) is 0 Å². The number of nitrogens with two attached hydrogens (primary N) is 1. The molecule has 0 unspecified atom stereocenters. The molecule has 0 atom stereocenters. The van der Waals surface area contributed by atoms with Gasteiger partial charge in [-0.15, -0.1) is 0 Å². The van der Waals surface area contributed by atoms with Crippen LogP contribution in [0.4, 0.5) is 0 Å². The lowest BCUT2D eigenvalue weighted by atomic mass is 9.62. The number of unbranched alkanes of at least 4 members (excludes halogenated alkanes) is 6. The van der Waals surface area contributed by atoms with Crippen molar-refractivity contribution in [3.63, 3.8) is 0 Å². The normalized spacial score (nSPS) is 15.3. The Kier molecular flexibility index (Phi) is 11.8. The first-order valence-corrected chi connectivity index (χ1v) is 13.6. The minimum Gasteiger partial charge on any atom is -0.395 e. The Morgan fingerprint density at radius 2 is 1.34 bits per heavy atom. The van der Waals surface area contributed by atoms with Crippen molar-refractivity contribution in [3.8, 4) is 0 Å². The minimum atomic E-state index is -0.776. The van der Waals surface area contributed by atoms with Gasteiger partial charge in [-0.25, -0.2) is 0 Å². The van der Waals surface area contributed by atoms with E-state index in [1.165, 1.54) is 44.9 Å². The third-order valence-corrected chi connectivity index (χ3v) is 7.66. The Balaban J connectivity index is 1.46. The first-order valence-electron chi connectivity index (χ1n) is 13.6. The number of piperidine rings is 1. The summed E-state index contributed by atoms with van der Waals surface area (Å²) in [6.45, 7) is 5.16. The molecule has 4 N–H and O–H groups in total. The van der Waals surface area contributed by atoms with Crippen LogP contribution in [0.25, 0.3) is 0 Å². The number of carbonyl (C=O) groups excluding carboxylic acids is 1. The molecule has 5 heteroatoms. The standard InChI is InChI=1S/C30H45N3O2/c31-29(35)30(26-14-8-6-9-15-26,27-16-10-7-11-17-27)28-18-23-33(24-19-28)22-13-5-3-1-2-4-12-20-32-21-25-34/h6-11,14-17,28,32,34H,1-5,12-13,18-25H2,(H2,31,35). The van der Waals surface area contributed by atoms with Gasteiger partial charge in [-0.2, -0.15) is 0 Å².